The molecule has 0 saturated carbocycles. The van der Waals surface area contributed by atoms with Gasteiger partial charge < -0.3 is 11.1 Å². The second-order valence-electron chi connectivity index (χ2n) is 3.62. The monoisotopic (exact) mass is 233 g/mol. The van der Waals surface area contributed by atoms with Crippen molar-refractivity contribution in [1.29, 1.82) is 0 Å². The van der Waals surface area contributed by atoms with Gasteiger partial charge in [0.25, 0.3) is 0 Å². The number of rotatable bonds is 5. The third-order valence-corrected chi connectivity index (χ3v) is 3.15. The summed E-state index contributed by atoms with van der Waals surface area (Å²) in [5.41, 5.74) is 9.07. The lowest BCUT2D eigenvalue weighted by atomic mass is 10.1. The van der Waals surface area contributed by atoms with Crippen molar-refractivity contribution in [3.8, 4) is 0 Å². The van der Waals surface area contributed by atoms with Gasteiger partial charge >= 0.3 is 0 Å². The molecule has 0 aliphatic rings. The molecule has 0 bridgehead atoms. The van der Waals surface area contributed by atoms with Gasteiger partial charge in [0.15, 0.2) is 0 Å². The van der Waals surface area contributed by atoms with Crippen molar-refractivity contribution in [3.63, 3.8) is 0 Å². The molecular formula is C12H15N3S. The van der Waals surface area contributed by atoms with Crippen molar-refractivity contribution in [1.82, 2.24) is 10.3 Å². The van der Waals surface area contributed by atoms with Crippen molar-refractivity contribution < 1.29 is 0 Å². The van der Waals surface area contributed by atoms with Crippen LogP contribution in [0.5, 0.6) is 0 Å². The highest BCUT2D eigenvalue weighted by Gasteiger charge is 2.04. The first-order valence-electron chi connectivity index (χ1n) is 5.25. The van der Waals surface area contributed by atoms with Crippen LogP contribution in [0.4, 0.5) is 0 Å². The van der Waals surface area contributed by atoms with Gasteiger partial charge in [0, 0.05) is 30.2 Å². The van der Waals surface area contributed by atoms with Crippen molar-refractivity contribution in [2.45, 2.75) is 12.6 Å². The van der Waals surface area contributed by atoms with Crippen LogP contribution in [-0.4, -0.2) is 11.5 Å². The van der Waals surface area contributed by atoms with Crippen LogP contribution >= 0.6 is 11.3 Å². The molecule has 1 aromatic carbocycles. The normalized spacial score (nSPS) is 12.6. The van der Waals surface area contributed by atoms with Gasteiger partial charge in [-0.05, 0) is 5.56 Å². The number of nitrogens with one attached hydrogen (secondary N) is 1. The summed E-state index contributed by atoms with van der Waals surface area (Å²) >= 11 is 1.66. The maximum absolute atomic E-state index is 6.06. The molecule has 0 spiro atoms. The van der Waals surface area contributed by atoms with Gasteiger partial charge in [0.2, 0.25) is 0 Å². The van der Waals surface area contributed by atoms with Gasteiger partial charge in [-0.15, -0.1) is 11.3 Å². The molecule has 1 atom stereocenters. The second kappa shape index (κ2) is 5.75. The largest absolute Gasteiger partial charge is 0.323 e. The van der Waals surface area contributed by atoms with E-state index in [9.17, 15) is 0 Å². The van der Waals surface area contributed by atoms with Gasteiger partial charge in [-0.2, -0.15) is 0 Å². The summed E-state index contributed by atoms with van der Waals surface area (Å²) in [5, 5.41) is 3.33. The molecule has 0 saturated heterocycles. The Balaban J connectivity index is 1.78. The Labute approximate surface area is 99.3 Å². The molecule has 2 aromatic rings. The number of hydrogen-bond donors (Lipinski definition) is 2. The van der Waals surface area contributed by atoms with Gasteiger partial charge in [0.05, 0.1) is 5.51 Å². The topological polar surface area (TPSA) is 50.9 Å². The van der Waals surface area contributed by atoms with Crippen molar-refractivity contribution >= 4 is 11.3 Å². The average molecular weight is 233 g/mol. The van der Waals surface area contributed by atoms with Gasteiger partial charge in [0.1, 0.15) is 0 Å². The SMILES string of the molecule is NC(CNCc1cncs1)c1ccccc1. The Hall–Kier alpha value is -1.23. The lowest BCUT2D eigenvalue weighted by molar-refractivity contribution is 0.601. The van der Waals surface area contributed by atoms with Crippen molar-refractivity contribution in [2.75, 3.05) is 6.54 Å². The fraction of sp³-hybridized carbons (Fsp3) is 0.250. The summed E-state index contributed by atoms with van der Waals surface area (Å²) in [6, 6.07) is 10.2. The number of benzene rings is 1. The molecule has 1 aromatic heterocycles. The van der Waals surface area contributed by atoms with Gasteiger partial charge in [-0.25, -0.2) is 0 Å². The summed E-state index contributed by atoms with van der Waals surface area (Å²) in [6.45, 7) is 1.62. The fourth-order valence-corrected chi connectivity index (χ4v) is 2.06. The molecule has 2 rings (SSSR count). The maximum atomic E-state index is 6.06. The zero-order chi connectivity index (χ0) is 11.2. The molecule has 1 heterocycles. The van der Waals surface area contributed by atoms with E-state index in [1.165, 1.54) is 10.4 Å². The van der Waals surface area contributed by atoms with E-state index in [0.29, 0.717) is 0 Å². The van der Waals surface area contributed by atoms with E-state index in [0.717, 1.165) is 13.1 Å². The fourth-order valence-electron chi connectivity index (χ4n) is 1.50. The summed E-state index contributed by atoms with van der Waals surface area (Å²) in [4.78, 5) is 5.26. The van der Waals surface area contributed by atoms with Crippen molar-refractivity contribution in [2.24, 2.45) is 5.73 Å². The predicted molar refractivity (Wildman–Crippen MR) is 67.2 cm³/mol. The highest BCUT2D eigenvalue weighted by Crippen LogP contribution is 2.09. The van der Waals surface area contributed by atoms with E-state index in [2.05, 4.69) is 22.4 Å². The minimum absolute atomic E-state index is 0.0501. The zero-order valence-corrected chi connectivity index (χ0v) is 9.78. The van der Waals surface area contributed by atoms with E-state index in [1.54, 1.807) is 11.3 Å². The summed E-state index contributed by atoms with van der Waals surface area (Å²) in [7, 11) is 0. The summed E-state index contributed by atoms with van der Waals surface area (Å²) in [6.07, 6.45) is 1.88. The van der Waals surface area contributed by atoms with Crippen LogP contribution in [0.15, 0.2) is 42.0 Å². The van der Waals surface area contributed by atoms with E-state index >= 15 is 0 Å². The number of nitrogens with zero attached hydrogens (tertiary/aromatic N) is 1. The first-order valence-corrected chi connectivity index (χ1v) is 6.13. The van der Waals surface area contributed by atoms with Crippen LogP contribution in [0.25, 0.3) is 0 Å². The number of hydrogen-bond acceptors (Lipinski definition) is 4. The second-order valence-corrected chi connectivity index (χ2v) is 4.59. The molecule has 4 heteroatoms. The third kappa shape index (κ3) is 3.13. The van der Waals surface area contributed by atoms with E-state index in [4.69, 9.17) is 5.73 Å². The average Bonchev–Trinajstić information content (AvgIpc) is 2.83. The molecule has 0 fully saturated rings. The van der Waals surface area contributed by atoms with E-state index < -0.39 is 0 Å². The standard InChI is InChI=1S/C12H15N3S/c13-12(10-4-2-1-3-5-10)8-14-6-11-7-15-9-16-11/h1-5,7,9,12,14H,6,8,13H2. The highest BCUT2D eigenvalue weighted by molar-refractivity contribution is 7.09. The quantitative estimate of drug-likeness (QED) is 0.829. The molecule has 1 unspecified atom stereocenters. The summed E-state index contributed by atoms with van der Waals surface area (Å²) < 4.78 is 0. The molecule has 0 aliphatic carbocycles. The number of nitrogens with two attached hydrogens (primary N) is 1. The lowest BCUT2D eigenvalue weighted by Crippen LogP contribution is -2.26. The molecule has 0 radical (unpaired) electrons. The van der Waals surface area contributed by atoms with Gasteiger partial charge in [-0.1, -0.05) is 30.3 Å². The molecule has 3 nitrogen and oxygen atoms in total. The Morgan fingerprint density at radius 3 is 2.81 bits per heavy atom. The Morgan fingerprint density at radius 1 is 1.31 bits per heavy atom. The van der Waals surface area contributed by atoms with E-state index in [1.807, 2.05) is 29.9 Å². The van der Waals surface area contributed by atoms with Crippen molar-refractivity contribution in [3.05, 3.63) is 52.5 Å². The molecule has 3 N–H and O–H groups in total. The number of thiazole rings is 1. The van der Waals surface area contributed by atoms with Crippen LogP contribution in [0.1, 0.15) is 16.5 Å². The van der Waals surface area contributed by atoms with Gasteiger partial charge in [-0.3, -0.25) is 4.98 Å². The zero-order valence-electron chi connectivity index (χ0n) is 8.97. The first-order chi connectivity index (χ1) is 7.86. The van der Waals surface area contributed by atoms with Crippen LogP contribution in [-0.2, 0) is 6.54 Å². The number of aromatic nitrogens is 1. The molecule has 84 valence electrons. The minimum atomic E-state index is 0.0501. The highest BCUT2D eigenvalue weighted by atomic mass is 32.1. The van der Waals surface area contributed by atoms with Crippen LogP contribution < -0.4 is 11.1 Å². The molecule has 0 amide bonds. The Morgan fingerprint density at radius 2 is 2.12 bits per heavy atom. The minimum Gasteiger partial charge on any atom is -0.323 e. The Bertz CT molecular complexity index is 399. The van der Waals surface area contributed by atoms with E-state index in [-0.39, 0.29) is 6.04 Å². The predicted octanol–water partition coefficient (Wildman–Crippen LogP) is 1.93. The smallest absolute Gasteiger partial charge is 0.0794 e. The molecular weight excluding hydrogens is 218 g/mol. The molecule has 16 heavy (non-hydrogen) atoms. The van der Waals surface area contributed by atoms with Crippen LogP contribution in [0.3, 0.4) is 0 Å². The molecule has 0 aliphatic heterocycles. The Kier molecular flexibility index (Phi) is 4.04. The first kappa shape index (κ1) is 11.3. The van der Waals surface area contributed by atoms with Crippen LogP contribution in [0.2, 0.25) is 0 Å². The van der Waals surface area contributed by atoms with Crippen LogP contribution in [0, 0.1) is 0 Å². The third-order valence-electron chi connectivity index (χ3n) is 2.37. The maximum Gasteiger partial charge on any atom is 0.0794 e. The lowest BCUT2D eigenvalue weighted by Gasteiger charge is -2.12. The summed E-state index contributed by atoms with van der Waals surface area (Å²) in [5.74, 6) is 0.